The van der Waals surface area contributed by atoms with E-state index in [1.165, 1.54) is 0 Å². The number of amides is 1. The molecule has 0 saturated carbocycles. The van der Waals surface area contributed by atoms with Gasteiger partial charge in [0.2, 0.25) is 5.91 Å². The van der Waals surface area contributed by atoms with Crippen molar-refractivity contribution in [3.05, 3.63) is 0 Å². The zero-order valence-electron chi connectivity index (χ0n) is 9.47. The number of hydrogen-bond acceptors (Lipinski definition) is 2. The van der Waals surface area contributed by atoms with Crippen molar-refractivity contribution < 1.29 is 4.79 Å². The first kappa shape index (κ1) is 11.5. The van der Waals surface area contributed by atoms with Gasteiger partial charge in [-0.3, -0.25) is 4.79 Å². The highest BCUT2D eigenvalue weighted by Gasteiger charge is 2.26. The van der Waals surface area contributed by atoms with Crippen LogP contribution < -0.4 is 10.6 Å². The SMILES string of the molecule is CCC[C@H]1CN[C@@H](CC(C)C)C(=O)N1. The number of piperazine rings is 1. The molecule has 0 bridgehead atoms. The van der Waals surface area contributed by atoms with Gasteiger partial charge in [-0.05, 0) is 18.8 Å². The van der Waals surface area contributed by atoms with E-state index < -0.39 is 0 Å². The molecule has 0 aliphatic carbocycles. The number of rotatable bonds is 4. The molecule has 0 unspecified atom stereocenters. The molecule has 1 aliphatic rings. The van der Waals surface area contributed by atoms with Crippen molar-refractivity contribution in [3.8, 4) is 0 Å². The molecule has 1 heterocycles. The fourth-order valence-corrected chi connectivity index (χ4v) is 1.91. The van der Waals surface area contributed by atoms with Gasteiger partial charge in [-0.25, -0.2) is 0 Å². The van der Waals surface area contributed by atoms with E-state index in [0.717, 1.165) is 25.8 Å². The second kappa shape index (κ2) is 5.35. The van der Waals surface area contributed by atoms with Gasteiger partial charge < -0.3 is 10.6 Å². The molecule has 3 nitrogen and oxygen atoms in total. The molecule has 2 N–H and O–H groups in total. The van der Waals surface area contributed by atoms with Crippen molar-refractivity contribution in [3.63, 3.8) is 0 Å². The molecule has 0 aromatic carbocycles. The standard InChI is InChI=1S/C11H22N2O/c1-4-5-9-7-12-10(6-8(2)3)11(14)13-9/h8-10,12H,4-7H2,1-3H3,(H,13,14)/t9-,10-/m0/s1. The van der Waals surface area contributed by atoms with Crippen LogP contribution in [-0.4, -0.2) is 24.5 Å². The van der Waals surface area contributed by atoms with Crippen LogP contribution in [0.1, 0.15) is 40.0 Å². The summed E-state index contributed by atoms with van der Waals surface area (Å²) in [5.74, 6) is 0.754. The van der Waals surface area contributed by atoms with Crippen molar-refractivity contribution in [1.82, 2.24) is 10.6 Å². The minimum absolute atomic E-state index is 0.0307. The third-order valence-corrected chi connectivity index (χ3v) is 2.62. The lowest BCUT2D eigenvalue weighted by atomic mass is 9.99. The predicted octanol–water partition coefficient (Wildman–Crippen LogP) is 1.29. The quantitative estimate of drug-likeness (QED) is 0.714. The van der Waals surface area contributed by atoms with Crippen LogP contribution in [0.3, 0.4) is 0 Å². The molecule has 1 rings (SSSR count). The van der Waals surface area contributed by atoms with E-state index in [2.05, 4.69) is 31.4 Å². The summed E-state index contributed by atoms with van der Waals surface area (Å²) in [6.07, 6.45) is 3.14. The van der Waals surface area contributed by atoms with Gasteiger partial charge in [0, 0.05) is 12.6 Å². The second-order valence-corrected chi connectivity index (χ2v) is 4.58. The topological polar surface area (TPSA) is 41.1 Å². The first-order valence-corrected chi connectivity index (χ1v) is 5.67. The van der Waals surface area contributed by atoms with E-state index >= 15 is 0 Å². The summed E-state index contributed by atoms with van der Waals surface area (Å²) < 4.78 is 0. The molecule has 0 spiro atoms. The maximum absolute atomic E-state index is 11.6. The van der Waals surface area contributed by atoms with Crippen LogP contribution >= 0.6 is 0 Å². The third kappa shape index (κ3) is 3.29. The van der Waals surface area contributed by atoms with Crippen molar-refractivity contribution in [1.29, 1.82) is 0 Å². The molecule has 1 fully saturated rings. The van der Waals surface area contributed by atoms with Gasteiger partial charge in [-0.2, -0.15) is 0 Å². The Bertz CT molecular complexity index is 192. The molecular formula is C11H22N2O. The smallest absolute Gasteiger partial charge is 0.237 e. The highest BCUT2D eigenvalue weighted by atomic mass is 16.2. The summed E-state index contributed by atoms with van der Waals surface area (Å²) in [6, 6.07) is 0.374. The summed E-state index contributed by atoms with van der Waals surface area (Å²) in [4.78, 5) is 11.6. The second-order valence-electron chi connectivity index (χ2n) is 4.58. The molecule has 14 heavy (non-hydrogen) atoms. The fourth-order valence-electron chi connectivity index (χ4n) is 1.91. The van der Waals surface area contributed by atoms with Gasteiger partial charge in [0.15, 0.2) is 0 Å². The zero-order chi connectivity index (χ0) is 10.6. The van der Waals surface area contributed by atoms with Gasteiger partial charge in [0.1, 0.15) is 0 Å². The highest BCUT2D eigenvalue weighted by Crippen LogP contribution is 2.09. The van der Waals surface area contributed by atoms with Gasteiger partial charge in [-0.1, -0.05) is 27.2 Å². The minimum atomic E-state index is 0.0307. The van der Waals surface area contributed by atoms with E-state index in [0.29, 0.717) is 12.0 Å². The average molecular weight is 198 g/mol. The summed E-state index contributed by atoms with van der Waals surface area (Å²) in [5.41, 5.74) is 0. The van der Waals surface area contributed by atoms with Crippen LogP contribution in [-0.2, 0) is 4.79 Å². The summed E-state index contributed by atoms with van der Waals surface area (Å²) in [5, 5.41) is 6.39. The Morgan fingerprint density at radius 1 is 1.50 bits per heavy atom. The molecule has 0 aromatic rings. The Hall–Kier alpha value is -0.570. The van der Waals surface area contributed by atoms with Crippen molar-refractivity contribution in [2.24, 2.45) is 5.92 Å². The Balaban J connectivity index is 2.36. The van der Waals surface area contributed by atoms with Gasteiger partial charge in [0.05, 0.1) is 6.04 Å². The molecule has 82 valence electrons. The molecule has 0 radical (unpaired) electrons. The first-order valence-electron chi connectivity index (χ1n) is 5.67. The van der Waals surface area contributed by atoms with Crippen molar-refractivity contribution >= 4 is 5.91 Å². The largest absolute Gasteiger partial charge is 0.351 e. The molecule has 1 saturated heterocycles. The van der Waals surface area contributed by atoms with Crippen LogP contribution in [0.15, 0.2) is 0 Å². The summed E-state index contributed by atoms with van der Waals surface area (Å²) in [6.45, 7) is 7.36. The fraction of sp³-hybridized carbons (Fsp3) is 0.909. The Morgan fingerprint density at radius 2 is 2.21 bits per heavy atom. The van der Waals surface area contributed by atoms with E-state index in [1.54, 1.807) is 0 Å². The van der Waals surface area contributed by atoms with Crippen LogP contribution in [0.2, 0.25) is 0 Å². The minimum Gasteiger partial charge on any atom is -0.351 e. The third-order valence-electron chi connectivity index (χ3n) is 2.62. The average Bonchev–Trinajstić information content (AvgIpc) is 2.10. The van der Waals surface area contributed by atoms with Gasteiger partial charge >= 0.3 is 0 Å². The molecular weight excluding hydrogens is 176 g/mol. The zero-order valence-corrected chi connectivity index (χ0v) is 9.47. The normalized spacial score (nSPS) is 27.9. The van der Waals surface area contributed by atoms with Crippen LogP contribution in [0, 0.1) is 5.92 Å². The van der Waals surface area contributed by atoms with Gasteiger partial charge in [-0.15, -0.1) is 0 Å². The van der Waals surface area contributed by atoms with Crippen molar-refractivity contribution in [2.45, 2.75) is 52.1 Å². The molecule has 1 amide bonds. The van der Waals surface area contributed by atoms with Crippen molar-refractivity contribution in [2.75, 3.05) is 6.54 Å². The van der Waals surface area contributed by atoms with E-state index in [1.807, 2.05) is 0 Å². The van der Waals surface area contributed by atoms with E-state index in [9.17, 15) is 4.79 Å². The molecule has 0 aromatic heterocycles. The molecule has 2 atom stereocenters. The number of carbonyl (C=O) groups excluding carboxylic acids is 1. The summed E-state index contributed by atoms with van der Waals surface area (Å²) in [7, 11) is 0. The lowest BCUT2D eigenvalue weighted by Gasteiger charge is -2.31. The first-order chi connectivity index (χ1) is 6.63. The lowest BCUT2D eigenvalue weighted by molar-refractivity contribution is -0.125. The van der Waals surface area contributed by atoms with Gasteiger partial charge in [0.25, 0.3) is 0 Å². The van der Waals surface area contributed by atoms with E-state index in [-0.39, 0.29) is 11.9 Å². The maximum Gasteiger partial charge on any atom is 0.237 e. The highest BCUT2D eigenvalue weighted by molar-refractivity contribution is 5.82. The number of hydrogen-bond donors (Lipinski definition) is 2. The van der Waals surface area contributed by atoms with Crippen LogP contribution in [0.5, 0.6) is 0 Å². The lowest BCUT2D eigenvalue weighted by Crippen LogP contribution is -2.58. The van der Waals surface area contributed by atoms with Crippen LogP contribution in [0.4, 0.5) is 0 Å². The predicted molar refractivity (Wildman–Crippen MR) is 58.1 cm³/mol. The van der Waals surface area contributed by atoms with E-state index in [4.69, 9.17) is 0 Å². The Labute approximate surface area is 86.6 Å². The maximum atomic E-state index is 11.6. The monoisotopic (exact) mass is 198 g/mol. The number of carbonyl (C=O) groups is 1. The Kier molecular flexibility index (Phi) is 4.39. The molecule has 3 heteroatoms. The molecule has 1 aliphatic heterocycles. The Morgan fingerprint density at radius 3 is 2.71 bits per heavy atom. The number of nitrogens with one attached hydrogen (secondary N) is 2. The van der Waals surface area contributed by atoms with Crippen LogP contribution in [0.25, 0.3) is 0 Å². The summed E-state index contributed by atoms with van der Waals surface area (Å²) >= 11 is 0.